The molecule has 3 aromatic rings. The minimum atomic E-state index is -0.550. The molecule has 0 saturated carbocycles. The van der Waals surface area contributed by atoms with E-state index in [0.29, 0.717) is 34.9 Å². The van der Waals surface area contributed by atoms with Gasteiger partial charge in [-0.1, -0.05) is 72.3 Å². The van der Waals surface area contributed by atoms with Crippen LogP contribution in [0.5, 0.6) is 5.75 Å². The Labute approximate surface area is 209 Å². The molecular formula is C29H23ClN2O3. The Morgan fingerprint density at radius 1 is 0.943 bits per heavy atom. The molecule has 1 aliphatic rings. The predicted molar refractivity (Wildman–Crippen MR) is 135 cm³/mol. The van der Waals surface area contributed by atoms with E-state index in [4.69, 9.17) is 16.3 Å². The molecule has 0 atom stereocenters. The number of hydrogen-bond acceptors (Lipinski definition) is 4. The molecule has 5 nitrogen and oxygen atoms in total. The lowest BCUT2D eigenvalue weighted by atomic mass is 9.93. The first-order valence-corrected chi connectivity index (χ1v) is 11.5. The van der Waals surface area contributed by atoms with Gasteiger partial charge in [0.1, 0.15) is 24.0 Å². The van der Waals surface area contributed by atoms with Gasteiger partial charge in [0.2, 0.25) is 0 Å². The fourth-order valence-corrected chi connectivity index (χ4v) is 4.01. The lowest BCUT2D eigenvalue weighted by Gasteiger charge is -2.27. The molecule has 1 aliphatic heterocycles. The minimum Gasteiger partial charge on any atom is -0.489 e. The second-order valence-corrected chi connectivity index (χ2v) is 8.52. The van der Waals surface area contributed by atoms with Crippen LogP contribution >= 0.6 is 11.6 Å². The zero-order valence-corrected chi connectivity index (χ0v) is 20.0. The monoisotopic (exact) mass is 482 g/mol. The van der Waals surface area contributed by atoms with Crippen LogP contribution in [0.4, 0.5) is 0 Å². The zero-order valence-electron chi connectivity index (χ0n) is 19.2. The number of halogens is 1. The highest BCUT2D eigenvalue weighted by Crippen LogP contribution is 2.28. The third-order valence-electron chi connectivity index (χ3n) is 5.84. The molecule has 35 heavy (non-hydrogen) atoms. The van der Waals surface area contributed by atoms with E-state index in [-0.39, 0.29) is 12.1 Å². The Kier molecular flexibility index (Phi) is 7.45. The molecule has 0 N–H and O–H groups in total. The number of rotatable bonds is 7. The van der Waals surface area contributed by atoms with Gasteiger partial charge in [0, 0.05) is 22.7 Å². The van der Waals surface area contributed by atoms with E-state index >= 15 is 0 Å². The van der Waals surface area contributed by atoms with Gasteiger partial charge in [0.05, 0.1) is 0 Å². The number of ether oxygens (including phenoxy) is 1. The second-order valence-electron chi connectivity index (χ2n) is 8.12. The normalized spacial score (nSPS) is 14.9. The van der Waals surface area contributed by atoms with Crippen molar-refractivity contribution in [3.63, 3.8) is 0 Å². The lowest BCUT2D eigenvalue weighted by Crippen LogP contribution is -2.43. The van der Waals surface area contributed by atoms with Crippen LogP contribution in [0.3, 0.4) is 0 Å². The van der Waals surface area contributed by atoms with E-state index in [0.717, 1.165) is 21.6 Å². The first kappa shape index (κ1) is 24.0. The van der Waals surface area contributed by atoms with Crippen molar-refractivity contribution in [2.45, 2.75) is 20.0 Å². The SMILES string of the molecule is CC1=C(C#N)C(=O)N(CCc2ccccc2)C(=O)/C1=C/c1ccc(OCc2ccccc2Cl)cc1. The van der Waals surface area contributed by atoms with E-state index in [1.54, 1.807) is 25.1 Å². The van der Waals surface area contributed by atoms with Crippen LogP contribution < -0.4 is 4.74 Å². The Hall–Kier alpha value is -4.14. The van der Waals surface area contributed by atoms with E-state index in [1.165, 1.54) is 0 Å². The molecule has 0 saturated heterocycles. The largest absolute Gasteiger partial charge is 0.489 e. The Bertz CT molecular complexity index is 1350. The fourth-order valence-electron chi connectivity index (χ4n) is 3.82. The molecule has 0 fully saturated rings. The van der Waals surface area contributed by atoms with Crippen LogP contribution in [0.2, 0.25) is 5.02 Å². The van der Waals surface area contributed by atoms with Crippen LogP contribution in [0, 0.1) is 11.3 Å². The van der Waals surface area contributed by atoms with Crippen LogP contribution in [0.1, 0.15) is 23.6 Å². The number of benzene rings is 3. The van der Waals surface area contributed by atoms with Gasteiger partial charge < -0.3 is 4.74 Å². The minimum absolute atomic E-state index is 0.0106. The number of hydrogen-bond donors (Lipinski definition) is 0. The summed E-state index contributed by atoms with van der Waals surface area (Å²) in [5.74, 6) is -0.292. The summed E-state index contributed by atoms with van der Waals surface area (Å²) in [7, 11) is 0. The lowest BCUT2D eigenvalue weighted by molar-refractivity contribution is -0.140. The van der Waals surface area contributed by atoms with E-state index < -0.39 is 11.8 Å². The van der Waals surface area contributed by atoms with Crippen LogP contribution in [-0.4, -0.2) is 23.3 Å². The van der Waals surface area contributed by atoms with Crippen LogP contribution in [-0.2, 0) is 22.6 Å². The quantitative estimate of drug-likeness (QED) is 0.317. The smallest absolute Gasteiger partial charge is 0.271 e. The van der Waals surface area contributed by atoms with Crippen molar-refractivity contribution in [1.82, 2.24) is 4.90 Å². The van der Waals surface area contributed by atoms with Gasteiger partial charge >= 0.3 is 0 Å². The van der Waals surface area contributed by atoms with E-state index in [1.807, 2.05) is 72.8 Å². The van der Waals surface area contributed by atoms with Crippen molar-refractivity contribution in [3.05, 3.63) is 117 Å². The highest BCUT2D eigenvalue weighted by atomic mass is 35.5. The van der Waals surface area contributed by atoms with Gasteiger partial charge in [-0.25, -0.2) is 0 Å². The van der Waals surface area contributed by atoms with Crippen molar-refractivity contribution >= 4 is 29.5 Å². The molecule has 3 aromatic carbocycles. The average molecular weight is 483 g/mol. The van der Waals surface area contributed by atoms with Gasteiger partial charge in [0.15, 0.2) is 0 Å². The molecule has 6 heteroatoms. The summed E-state index contributed by atoms with van der Waals surface area (Å²) < 4.78 is 5.82. The van der Waals surface area contributed by atoms with Crippen molar-refractivity contribution in [2.75, 3.05) is 6.54 Å². The number of nitriles is 1. The number of amides is 2. The number of nitrogens with zero attached hydrogens (tertiary/aromatic N) is 2. The van der Waals surface area contributed by atoms with Gasteiger partial charge in [-0.3, -0.25) is 14.5 Å². The third kappa shape index (κ3) is 5.51. The van der Waals surface area contributed by atoms with E-state index in [2.05, 4.69) is 0 Å². The molecule has 0 bridgehead atoms. The third-order valence-corrected chi connectivity index (χ3v) is 6.20. The van der Waals surface area contributed by atoms with E-state index in [9.17, 15) is 14.9 Å². The van der Waals surface area contributed by atoms with Gasteiger partial charge in [-0.2, -0.15) is 5.26 Å². The van der Waals surface area contributed by atoms with Crippen molar-refractivity contribution in [2.24, 2.45) is 0 Å². The molecule has 2 amide bonds. The molecule has 174 valence electrons. The summed E-state index contributed by atoms with van der Waals surface area (Å²) in [6.45, 7) is 2.17. The second kappa shape index (κ2) is 10.9. The highest BCUT2D eigenvalue weighted by molar-refractivity contribution is 6.31. The summed E-state index contributed by atoms with van der Waals surface area (Å²) >= 11 is 6.18. The fraction of sp³-hybridized carbons (Fsp3) is 0.138. The number of carbonyl (C=O) groups excluding carboxylic acids is 2. The van der Waals surface area contributed by atoms with Gasteiger partial charge in [-0.05, 0) is 54.3 Å². The highest BCUT2D eigenvalue weighted by Gasteiger charge is 2.35. The summed E-state index contributed by atoms with van der Waals surface area (Å²) in [5, 5.41) is 10.2. The standard InChI is InChI=1S/C29H23ClN2O3/c1-20-25(17-22-11-13-24(14-12-22)35-19-23-9-5-6-10-27(23)30)28(33)32(29(34)26(20)18-31)16-15-21-7-3-2-4-8-21/h2-14,17H,15-16,19H2,1H3/b25-17+. The Morgan fingerprint density at radius 2 is 1.63 bits per heavy atom. The van der Waals surface area contributed by atoms with Gasteiger partial charge in [-0.15, -0.1) is 0 Å². The summed E-state index contributed by atoms with van der Waals surface area (Å²) in [5.41, 5.74) is 3.36. The maximum atomic E-state index is 13.2. The Morgan fingerprint density at radius 3 is 2.31 bits per heavy atom. The molecule has 0 radical (unpaired) electrons. The topological polar surface area (TPSA) is 70.4 Å². The first-order valence-electron chi connectivity index (χ1n) is 11.2. The molecule has 0 unspecified atom stereocenters. The molecule has 0 aliphatic carbocycles. The van der Waals surface area contributed by atoms with Crippen LogP contribution in [0.25, 0.3) is 6.08 Å². The molecule has 4 rings (SSSR count). The van der Waals surface area contributed by atoms with Crippen molar-refractivity contribution in [1.29, 1.82) is 5.26 Å². The number of carbonyl (C=O) groups is 2. The first-order chi connectivity index (χ1) is 17.0. The van der Waals surface area contributed by atoms with Crippen molar-refractivity contribution < 1.29 is 14.3 Å². The Balaban J connectivity index is 1.53. The summed E-state index contributed by atoms with van der Waals surface area (Å²) in [4.78, 5) is 27.2. The molecule has 0 spiro atoms. The maximum Gasteiger partial charge on any atom is 0.271 e. The molecule has 1 heterocycles. The zero-order chi connectivity index (χ0) is 24.8. The summed E-state index contributed by atoms with van der Waals surface area (Å²) in [6.07, 6.45) is 2.22. The average Bonchev–Trinajstić information content (AvgIpc) is 2.88. The van der Waals surface area contributed by atoms with Crippen molar-refractivity contribution in [3.8, 4) is 11.8 Å². The summed E-state index contributed by atoms with van der Waals surface area (Å²) in [6, 6.07) is 26.3. The molecular weight excluding hydrogens is 460 g/mol. The maximum absolute atomic E-state index is 13.2. The predicted octanol–water partition coefficient (Wildman–Crippen LogP) is 5.75. The molecule has 0 aromatic heterocycles. The number of imide groups is 1. The van der Waals surface area contributed by atoms with Crippen LogP contribution in [0.15, 0.2) is 95.6 Å². The van der Waals surface area contributed by atoms with Gasteiger partial charge in [0.25, 0.3) is 11.8 Å².